The van der Waals surface area contributed by atoms with Crippen LogP contribution in [-0.2, 0) is 0 Å². The molecule has 0 aromatic heterocycles. The molecule has 0 atom stereocenters. The van der Waals surface area contributed by atoms with Crippen LogP contribution in [0.15, 0.2) is 107 Å². The predicted octanol–water partition coefficient (Wildman–Crippen LogP) is 8.09. The Balaban J connectivity index is 2.02. The first kappa shape index (κ1) is 11.7. The van der Waals surface area contributed by atoms with Gasteiger partial charge in [0.05, 0.1) is 6.85 Å². The molecular weight excluding hydrogens is 392 g/mol. The zero-order valence-corrected chi connectivity index (χ0v) is 15.9. The topological polar surface area (TPSA) is 0 Å². The van der Waals surface area contributed by atoms with E-state index >= 15 is 0 Å². The third-order valence-corrected chi connectivity index (χ3v) is 5.34. The highest BCUT2D eigenvalue weighted by molar-refractivity contribution is 9.10. The molecule has 0 spiro atoms. The van der Waals surface area contributed by atoms with E-state index in [1.165, 1.54) is 0 Å². The monoisotopic (exact) mass is 413 g/mol. The standard InChI is InChI=1S/C26H17Br/c27-20-16-14-19(15-17-20)26-23-12-6-4-10-21(23)25(18-8-2-1-3-9-18)22-11-5-7-13-24(22)26/h1-17H/i1D,2D,3D,8D,9D. The molecule has 0 aliphatic heterocycles. The fourth-order valence-corrected chi connectivity index (χ4v) is 3.96. The molecule has 1 heteroatoms. The summed E-state index contributed by atoms with van der Waals surface area (Å²) in [6, 6.07) is 22.4. The Hall–Kier alpha value is -2.90. The third-order valence-electron chi connectivity index (χ3n) is 4.81. The van der Waals surface area contributed by atoms with Crippen molar-refractivity contribution in [2.45, 2.75) is 0 Å². The van der Waals surface area contributed by atoms with Gasteiger partial charge in [0.25, 0.3) is 0 Å². The highest BCUT2D eigenvalue weighted by Crippen LogP contribution is 2.43. The Morgan fingerprint density at radius 2 is 0.963 bits per heavy atom. The number of fused-ring (bicyclic) bond motifs is 2. The van der Waals surface area contributed by atoms with Crippen molar-refractivity contribution in [1.82, 2.24) is 0 Å². The molecule has 0 nitrogen and oxygen atoms in total. The van der Waals surface area contributed by atoms with E-state index in [1.54, 1.807) is 0 Å². The first-order chi connectivity index (χ1) is 15.4. The van der Waals surface area contributed by atoms with Crippen molar-refractivity contribution in [3.05, 3.63) is 107 Å². The summed E-state index contributed by atoms with van der Waals surface area (Å²) in [7, 11) is 0. The maximum atomic E-state index is 8.59. The zero-order chi connectivity index (χ0) is 22.6. The molecule has 0 unspecified atom stereocenters. The molecule has 0 N–H and O–H groups in total. The molecule has 0 saturated heterocycles. The van der Waals surface area contributed by atoms with E-state index in [4.69, 9.17) is 6.85 Å². The minimum Gasteiger partial charge on any atom is -0.0622 e. The van der Waals surface area contributed by atoms with Gasteiger partial charge >= 0.3 is 0 Å². The Kier molecular flexibility index (Phi) is 2.90. The third kappa shape index (κ3) is 2.75. The molecular formula is C26H17Br. The lowest BCUT2D eigenvalue weighted by molar-refractivity contribution is 1.63. The Morgan fingerprint density at radius 1 is 0.519 bits per heavy atom. The van der Waals surface area contributed by atoms with Gasteiger partial charge in [-0.3, -0.25) is 0 Å². The van der Waals surface area contributed by atoms with Crippen molar-refractivity contribution in [2.24, 2.45) is 0 Å². The average Bonchev–Trinajstić information content (AvgIpc) is 2.82. The fourth-order valence-electron chi connectivity index (χ4n) is 3.70. The highest BCUT2D eigenvalue weighted by Gasteiger charge is 2.15. The molecule has 128 valence electrons. The Labute approximate surface area is 174 Å². The lowest BCUT2D eigenvalue weighted by Crippen LogP contribution is -1.90. The van der Waals surface area contributed by atoms with Crippen LogP contribution < -0.4 is 0 Å². The van der Waals surface area contributed by atoms with Crippen molar-refractivity contribution < 1.29 is 6.85 Å². The normalized spacial score (nSPS) is 13.7. The van der Waals surface area contributed by atoms with Gasteiger partial charge in [0.15, 0.2) is 0 Å². The van der Waals surface area contributed by atoms with Gasteiger partial charge in [-0.1, -0.05) is 107 Å². The van der Waals surface area contributed by atoms with Gasteiger partial charge < -0.3 is 0 Å². The second kappa shape index (κ2) is 6.68. The summed E-state index contributed by atoms with van der Waals surface area (Å²) in [5.74, 6) is 0. The highest BCUT2D eigenvalue weighted by atomic mass is 79.9. The fraction of sp³-hybridized carbons (Fsp3) is 0. The summed E-state index contributed by atoms with van der Waals surface area (Å²) in [5, 5.41) is 3.64. The molecule has 0 radical (unpaired) electrons. The van der Waals surface area contributed by atoms with Gasteiger partial charge in [-0.15, -0.1) is 0 Å². The van der Waals surface area contributed by atoms with Crippen LogP contribution in [0.3, 0.4) is 0 Å². The SMILES string of the molecule is [2H]c1c([2H])c([2H])c(-c2c3ccccc3c(-c3ccc(Br)cc3)c3ccccc23)c([2H])c1[2H]. The molecule has 5 rings (SSSR count). The van der Waals surface area contributed by atoms with Crippen molar-refractivity contribution in [3.8, 4) is 22.3 Å². The van der Waals surface area contributed by atoms with Gasteiger partial charge in [0.1, 0.15) is 0 Å². The molecule has 0 bridgehead atoms. The summed E-state index contributed by atoms with van der Waals surface area (Å²) in [5.41, 5.74) is 2.99. The van der Waals surface area contributed by atoms with E-state index in [-0.39, 0.29) is 35.8 Å². The average molecular weight is 414 g/mol. The van der Waals surface area contributed by atoms with E-state index in [0.29, 0.717) is 5.56 Å². The minimum atomic E-state index is -0.385. The summed E-state index contributed by atoms with van der Waals surface area (Å²) in [6.07, 6.45) is 0. The molecule has 5 aromatic rings. The Bertz CT molecular complexity index is 1440. The molecule has 27 heavy (non-hydrogen) atoms. The first-order valence-electron chi connectivity index (χ1n) is 11.2. The van der Waals surface area contributed by atoms with Crippen LogP contribution in [0.5, 0.6) is 0 Å². The maximum Gasteiger partial charge on any atom is 0.0629 e. The van der Waals surface area contributed by atoms with Crippen molar-refractivity contribution >= 4 is 37.5 Å². The van der Waals surface area contributed by atoms with Crippen LogP contribution in [0.2, 0.25) is 0 Å². The molecule has 0 amide bonds. The van der Waals surface area contributed by atoms with Gasteiger partial charge in [-0.25, -0.2) is 0 Å². The van der Waals surface area contributed by atoms with E-state index in [9.17, 15) is 0 Å². The minimum absolute atomic E-state index is 0.192. The summed E-state index contributed by atoms with van der Waals surface area (Å²) >= 11 is 3.50. The quantitative estimate of drug-likeness (QED) is 0.256. The maximum absolute atomic E-state index is 8.59. The van der Waals surface area contributed by atoms with Crippen LogP contribution in [-0.4, -0.2) is 0 Å². The summed E-state index contributed by atoms with van der Waals surface area (Å²) < 4.78 is 42.5. The predicted molar refractivity (Wildman–Crippen MR) is 120 cm³/mol. The Morgan fingerprint density at radius 3 is 1.44 bits per heavy atom. The molecule has 0 fully saturated rings. The number of rotatable bonds is 2. The second-order valence-corrected chi connectivity index (χ2v) is 7.26. The summed E-state index contributed by atoms with van der Waals surface area (Å²) in [4.78, 5) is 0. The van der Waals surface area contributed by atoms with Gasteiger partial charge in [-0.05, 0) is 55.9 Å². The van der Waals surface area contributed by atoms with Crippen molar-refractivity contribution in [2.75, 3.05) is 0 Å². The number of hydrogen-bond donors (Lipinski definition) is 0. The lowest BCUT2D eigenvalue weighted by atomic mass is 9.86. The second-order valence-electron chi connectivity index (χ2n) is 6.35. The summed E-state index contributed by atoms with van der Waals surface area (Å²) in [6.45, 7) is 0. The van der Waals surface area contributed by atoms with E-state index < -0.39 is 0 Å². The first-order valence-corrected chi connectivity index (χ1v) is 9.46. The largest absolute Gasteiger partial charge is 0.0629 e. The lowest BCUT2D eigenvalue weighted by Gasteiger charge is -2.17. The van der Waals surface area contributed by atoms with Crippen LogP contribution >= 0.6 is 15.9 Å². The van der Waals surface area contributed by atoms with E-state index in [0.717, 1.165) is 37.1 Å². The molecule has 0 aliphatic rings. The smallest absolute Gasteiger partial charge is 0.0622 e. The molecule has 0 saturated carbocycles. The number of benzene rings is 5. The zero-order valence-electron chi connectivity index (χ0n) is 19.3. The van der Waals surface area contributed by atoms with Crippen LogP contribution in [0.1, 0.15) is 6.85 Å². The van der Waals surface area contributed by atoms with Crippen molar-refractivity contribution in [1.29, 1.82) is 0 Å². The van der Waals surface area contributed by atoms with Gasteiger partial charge in [0.2, 0.25) is 0 Å². The molecule has 0 heterocycles. The van der Waals surface area contributed by atoms with E-state index in [2.05, 4.69) is 28.1 Å². The van der Waals surface area contributed by atoms with Crippen molar-refractivity contribution in [3.63, 3.8) is 0 Å². The van der Waals surface area contributed by atoms with Gasteiger partial charge in [-0.2, -0.15) is 0 Å². The molecule has 5 aromatic carbocycles. The number of hydrogen-bond acceptors (Lipinski definition) is 0. The number of halogens is 1. The van der Waals surface area contributed by atoms with Gasteiger partial charge in [0, 0.05) is 4.47 Å². The van der Waals surface area contributed by atoms with Crippen LogP contribution in [0, 0.1) is 0 Å². The van der Waals surface area contributed by atoms with E-state index in [1.807, 2.05) is 60.7 Å². The van der Waals surface area contributed by atoms with Crippen LogP contribution in [0.4, 0.5) is 0 Å². The molecule has 0 aliphatic carbocycles. The van der Waals surface area contributed by atoms with Crippen LogP contribution in [0.25, 0.3) is 43.8 Å².